The van der Waals surface area contributed by atoms with Gasteiger partial charge in [-0.15, -0.1) is 0 Å². The number of carboxylic acids is 1. The van der Waals surface area contributed by atoms with Crippen LogP contribution in [0.4, 0.5) is 5.69 Å². The number of amides is 1. The lowest BCUT2D eigenvalue weighted by molar-refractivity contribution is -0.117. The topological polar surface area (TPSA) is 66.4 Å². The van der Waals surface area contributed by atoms with E-state index in [1.165, 1.54) is 6.07 Å². The summed E-state index contributed by atoms with van der Waals surface area (Å²) < 4.78 is 0. The Morgan fingerprint density at radius 3 is 2.26 bits per heavy atom. The van der Waals surface area contributed by atoms with Gasteiger partial charge in [0.2, 0.25) is 5.91 Å². The van der Waals surface area contributed by atoms with Gasteiger partial charge in [0.15, 0.2) is 0 Å². The molecule has 0 fully saturated rings. The molecule has 0 saturated heterocycles. The molecule has 0 radical (unpaired) electrons. The SMILES string of the molecule is CC(C)(C)CC(=O)Nc1ccc(C(=O)O)c(-c2ccccc2)c1. The van der Waals surface area contributed by atoms with E-state index in [1.54, 1.807) is 12.1 Å². The fourth-order valence-electron chi connectivity index (χ4n) is 2.35. The van der Waals surface area contributed by atoms with Crippen molar-refractivity contribution in [2.24, 2.45) is 5.41 Å². The van der Waals surface area contributed by atoms with E-state index in [9.17, 15) is 14.7 Å². The van der Waals surface area contributed by atoms with Crippen molar-refractivity contribution in [1.82, 2.24) is 0 Å². The van der Waals surface area contributed by atoms with Gasteiger partial charge in [-0.3, -0.25) is 4.79 Å². The van der Waals surface area contributed by atoms with E-state index in [0.717, 1.165) is 5.56 Å². The zero-order valence-corrected chi connectivity index (χ0v) is 13.6. The molecule has 0 bridgehead atoms. The monoisotopic (exact) mass is 311 g/mol. The van der Waals surface area contributed by atoms with Gasteiger partial charge >= 0.3 is 5.97 Å². The fraction of sp³-hybridized carbons (Fsp3) is 0.263. The van der Waals surface area contributed by atoms with Crippen LogP contribution in [-0.4, -0.2) is 17.0 Å². The maximum atomic E-state index is 12.1. The molecular weight excluding hydrogens is 290 g/mol. The number of hydrogen-bond acceptors (Lipinski definition) is 2. The number of aromatic carboxylic acids is 1. The zero-order chi connectivity index (χ0) is 17.0. The van der Waals surface area contributed by atoms with Crippen LogP contribution in [0, 0.1) is 5.41 Å². The number of nitrogens with one attached hydrogen (secondary N) is 1. The molecule has 0 aliphatic rings. The first-order chi connectivity index (χ1) is 10.8. The Kier molecular flexibility index (Phi) is 4.84. The van der Waals surface area contributed by atoms with Gasteiger partial charge in [0.05, 0.1) is 5.56 Å². The number of hydrogen-bond donors (Lipinski definition) is 2. The molecule has 2 rings (SSSR count). The van der Waals surface area contributed by atoms with E-state index in [0.29, 0.717) is 17.7 Å². The quantitative estimate of drug-likeness (QED) is 0.878. The molecule has 1 amide bonds. The molecule has 0 aliphatic carbocycles. The summed E-state index contributed by atoms with van der Waals surface area (Å²) in [6, 6.07) is 14.1. The number of carbonyl (C=O) groups excluding carboxylic acids is 1. The Morgan fingerprint density at radius 2 is 1.70 bits per heavy atom. The lowest BCUT2D eigenvalue weighted by atomic mass is 9.92. The lowest BCUT2D eigenvalue weighted by Crippen LogP contribution is -2.19. The van der Waals surface area contributed by atoms with E-state index in [1.807, 2.05) is 51.1 Å². The number of anilines is 1. The van der Waals surface area contributed by atoms with Crippen molar-refractivity contribution in [3.8, 4) is 11.1 Å². The molecule has 4 heteroatoms. The second kappa shape index (κ2) is 6.65. The summed E-state index contributed by atoms with van der Waals surface area (Å²) in [5.41, 5.74) is 2.10. The first kappa shape index (κ1) is 16.7. The minimum Gasteiger partial charge on any atom is -0.478 e. The standard InChI is InChI=1S/C19H21NO3/c1-19(2,3)12-17(21)20-14-9-10-15(18(22)23)16(11-14)13-7-5-4-6-8-13/h4-11H,12H2,1-3H3,(H,20,21)(H,22,23). The first-order valence-corrected chi connectivity index (χ1v) is 7.49. The molecule has 0 aromatic heterocycles. The van der Waals surface area contributed by atoms with Crippen molar-refractivity contribution >= 4 is 17.6 Å². The molecule has 2 N–H and O–H groups in total. The summed E-state index contributed by atoms with van der Waals surface area (Å²) in [6.07, 6.45) is 0.397. The normalized spacial score (nSPS) is 11.1. The third-order valence-electron chi connectivity index (χ3n) is 3.31. The van der Waals surface area contributed by atoms with Gasteiger partial charge in [-0.25, -0.2) is 4.79 Å². The molecule has 2 aromatic rings. The Hall–Kier alpha value is -2.62. The largest absolute Gasteiger partial charge is 0.478 e. The highest BCUT2D eigenvalue weighted by Crippen LogP contribution is 2.28. The lowest BCUT2D eigenvalue weighted by Gasteiger charge is -2.17. The summed E-state index contributed by atoms with van der Waals surface area (Å²) in [5, 5.41) is 12.2. The summed E-state index contributed by atoms with van der Waals surface area (Å²) in [7, 11) is 0. The van der Waals surface area contributed by atoms with Crippen molar-refractivity contribution in [3.63, 3.8) is 0 Å². The molecule has 0 atom stereocenters. The second-order valence-electron chi connectivity index (χ2n) is 6.72. The van der Waals surface area contributed by atoms with Gasteiger partial charge in [0.1, 0.15) is 0 Å². The third kappa shape index (κ3) is 4.68. The minimum absolute atomic E-state index is 0.0837. The van der Waals surface area contributed by atoms with Crippen LogP contribution in [0.1, 0.15) is 37.6 Å². The van der Waals surface area contributed by atoms with E-state index >= 15 is 0 Å². The van der Waals surface area contributed by atoms with Gasteiger partial charge in [-0.1, -0.05) is 51.1 Å². The van der Waals surface area contributed by atoms with Crippen LogP contribution in [0.2, 0.25) is 0 Å². The van der Waals surface area contributed by atoms with Crippen LogP contribution in [0.5, 0.6) is 0 Å². The second-order valence-corrected chi connectivity index (χ2v) is 6.72. The molecule has 23 heavy (non-hydrogen) atoms. The van der Waals surface area contributed by atoms with Crippen LogP contribution in [0.25, 0.3) is 11.1 Å². The van der Waals surface area contributed by atoms with Crippen LogP contribution < -0.4 is 5.32 Å². The highest BCUT2D eigenvalue weighted by atomic mass is 16.4. The molecule has 0 aliphatic heterocycles. The fourth-order valence-corrected chi connectivity index (χ4v) is 2.35. The van der Waals surface area contributed by atoms with Crippen molar-refractivity contribution in [2.45, 2.75) is 27.2 Å². The highest BCUT2D eigenvalue weighted by molar-refractivity contribution is 5.98. The Labute approximate surface area is 136 Å². The number of carboxylic acid groups (broad SMARTS) is 1. The van der Waals surface area contributed by atoms with Crippen molar-refractivity contribution < 1.29 is 14.7 Å². The maximum Gasteiger partial charge on any atom is 0.336 e. The first-order valence-electron chi connectivity index (χ1n) is 7.49. The van der Waals surface area contributed by atoms with Gasteiger partial charge in [0, 0.05) is 12.1 Å². The minimum atomic E-state index is -0.989. The molecule has 0 spiro atoms. The summed E-state index contributed by atoms with van der Waals surface area (Å²) >= 11 is 0. The van der Waals surface area contributed by atoms with Crippen molar-refractivity contribution in [3.05, 3.63) is 54.1 Å². The van der Waals surface area contributed by atoms with E-state index in [-0.39, 0.29) is 16.9 Å². The zero-order valence-electron chi connectivity index (χ0n) is 13.6. The van der Waals surface area contributed by atoms with Crippen molar-refractivity contribution in [1.29, 1.82) is 0 Å². The summed E-state index contributed by atoms with van der Waals surface area (Å²) in [4.78, 5) is 23.5. The average Bonchev–Trinajstić information content (AvgIpc) is 2.45. The van der Waals surface area contributed by atoms with E-state index in [2.05, 4.69) is 5.32 Å². The molecule has 0 unspecified atom stereocenters. The van der Waals surface area contributed by atoms with Crippen LogP contribution >= 0.6 is 0 Å². The summed E-state index contributed by atoms with van der Waals surface area (Å²) in [5.74, 6) is -1.07. The van der Waals surface area contributed by atoms with Crippen LogP contribution in [0.3, 0.4) is 0 Å². The Morgan fingerprint density at radius 1 is 1.04 bits per heavy atom. The smallest absolute Gasteiger partial charge is 0.336 e. The van der Waals surface area contributed by atoms with Gasteiger partial charge in [-0.05, 0) is 34.7 Å². The molecule has 2 aromatic carbocycles. The van der Waals surface area contributed by atoms with Gasteiger partial charge in [0.25, 0.3) is 0 Å². The Balaban J connectivity index is 2.34. The molecule has 0 saturated carbocycles. The molecule has 0 heterocycles. The van der Waals surface area contributed by atoms with Gasteiger partial charge < -0.3 is 10.4 Å². The predicted octanol–water partition coefficient (Wildman–Crippen LogP) is 4.43. The van der Waals surface area contributed by atoms with Crippen LogP contribution in [-0.2, 0) is 4.79 Å². The highest BCUT2D eigenvalue weighted by Gasteiger charge is 2.17. The maximum absolute atomic E-state index is 12.1. The summed E-state index contributed by atoms with van der Waals surface area (Å²) in [6.45, 7) is 5.99. The molecular formula is C19H21NO3. The average molecular weight is 311 g/mol. The number of benzene rings is 2. The van der Waals surface area contributed by atoms with E-state index < -0.39 is 5.97 Å². The number of rotatable bonds is 4. The predicted molar refractivity (Wildman–Crippen MR) is 91.5 cm³/mol. The van der Waals surface area contributed by atoms with E-state index in [4.69, 9.17) is 0 Å². The van der Waals surface area contributed by atoms with Crippen molar-refractivity contribution in [2.75, 3.05) is 5.32 Å². The molecule has 4 nitrogen and oxygen atoms in total. The molecule has 120 valence electrons. The third-order valence-corrected chi connectivity index (χ3v) is 3.31. The van der Waals surface area contributed by atoms with Crippen LogP contribution in [0.15, 0.2) is 48.5 Å². The van der Waals surface area contributed by atoms with Gasteiger partial charge in [-0.2, -0.15) is 0 Å². The number of carbonyl (C=O) groups is 2. The Bertz CT molecular complexity index is 715.